The predicted octanol–water partition coefficient (Wildman–Crippen LogP) is 2.25. The van der Waals surface area contributed by atoms with E-state index in [-0.39, 0.29) is 11.9 Å². The zero-order valence-corrected chi connectivity index (χ0v) is 17.7. The van der Waals surface area contributed by atoms with Gasteiger partial charge >= 0.3 is 0 Å². The highest BCUT2D eigenvalue weighted by atomic mass is 35.5. The number of nitrogens with zero attached hydrogens (tertiary/aromatic N) is 5. The number of hydrogen-bond donors (Lipinski definition) is 2. The first kappa shape index (κ1) is 21.4. The zero-order valence-electron chi connectivity index (χ0n) is 16.1. The van der Waals surface area contributed by atoms with Crippen molar-refractivity contribution in [2.75, 3.05) is 41.4 Å². The lowest BCUT2D eigenvalue weighted by atomic mass is 10.2. The van der Waals surface area contributed by atoms with E-state index < -0.39 is 10.8 Å². The average molecular weight is 435 g/mol. The molecule has 0 spiro atoms. The lowest BCUT2D eigenvalue weighted by molar-refractivity contribution is 0.318. The van der Waals surface area contributed by atoms with Crippen LogP contribution in [0.5, 0.6) is 0 Å². The largest absolute Gasteiger partial charge is 0.397 e. The molecule has 0 bridgehead atoms. The maximum atomic E-state index is 11.6. The fraction of sp³-hybridized carbons (Fsp3) is 0.368. The third-order valence-corrected chi connectivity index (χ3v) is 5.60. The maximum Gasteiger partial charge on any atom is 0.226 e. The lowest BCUT2D eigenvalue weighted by Crippen LogP contribution is -2.38. The Hall–Kier alpha value is -2.36. The number of nitrogens with one attached hydrogen (secondary N) is 1. The number of benzene rings is 1. The molecule has 0 radical (unpaired) electrons. The first-order valence-electron chi connectivity index (χ1n) is 9.29. The summed E-state index contributed by atoms with van der Waals surface area (Å²) < 4.78 is 11.6. The molecule has 1 aliphatic rings. The van der Waals surface area contributed by atoms with Crippen LogP contribution >= 0.6 is 11.6 Å². The van der Waals surface area contributed by atoms with Crippen molar-refractivity contribution in [3.05, 3.63) is 47.4 Å². The van der Waals surface area contributed by atoms with Gasteiger partial charge in [-0.1, -0.05) is 30.3 Å². The molecule has 8 nitrogen and oxygen atoms in total. The summed E-state index contributed by atoms with van der Waals surface area (Å²) in [4.78, 5) is 19.6. The van der Waals surface area contributed by atoms with Gasteiger partial charge in [0.2, 0.25) is 5.28 Å². The third-order valence-electron chi connectivity index (χ3n) is 4.16. The summed E-state index contributed by atoms with van der Waals surface area (Å²) in [5.41, 5.74) is 2.20. The summed E-state index contributed by atoms with van der Waals surface area (Å²) in [5.74, 6) is 2.51. The Morgan fingerprint density at radius 2 is 1.86 bits per heavy atom. The number of aliphatic hydroxyl groups excluding tert-OH is 1. The Kier molecular flexibility index (Phi) is 7.68. The van der Waals surface area contributed by atoms with E-state index in [1.165, 1.54) is 0 Å². The molecule has 2 N–H and O–H groups in total. The Labute approximate surface area is 176 Å². The normalized spacial score (nSPS) is 14.4. The molecule has 0 aliphatic carbocycles. The van der Waals surface area contributed by atoms with Crippen LogP contribution in [0.1, 0.15) is 12.5 Å². The van der Waals surface area contributed by atoms with Gasteiger partial charge in [-0.3, -0.25) is 4.21 Å². The average Bonchev–Trinajstić information content (AvgIpc) is 2.73. The molecular weight excluding hydrogens is 412 g/mol. The second-order valence-electron chi connectivity index (χ2n) is 6.23. The van der Waals surface area contributed by atoms with Crippen LogP contribution in [0.15, 0.2) is 36.5 Å². The van der Waals surface area contributed by atoms with Crippen molar-refractivity contribution in [1.29, 1.82) is 0 Å². The van der Waals surface area contributed by atoms with Crippen LogP contribution in [-0.4, -0.2) is 60.5 Å². The Morgan fingerprint density at radius 3 is 2.55 bits per heavy atom. The Balaban J connectivity index is 0.000000755. The molecular formula is C19H23ClN6O2S. The van der Waals surface area contributed by atoms with Crippen LogP contribution in [0.3, 0.4) is 0 Å². The van der Waals surface area contributed by atoms with Crippen molar-refractivity contribution in [2.24, 2.45) is 0 Å². The highest BCUT2D eigenvalue weighted by Gasteiger charge is 2.21. The van der Waals surface area contributed by atoms with E-state index in [2.05, 4.69) is 25.3 Å². The smallest absolute Gasteiger partial charge is 0.226 e. The number of hydrogen-bond acceptors (Lipinski definition) is 8. The monoisotopic (exact) mass is 434 g/mol. The van der Waals surface area contributed by atoms with Crippen molar-refractivity contribution >= 4 is 45.2 Å². The topological polar surface area (TPSA) is 104 Å². The van der Waals surface area contributed by atoms with Gasteiger partial charge in [-0.15, -0.1) is 0 Å². The van der Waals surface area contributed by atoms with Crippen molar-refractivity contribution < 1.29 is 9.32 Å². The van der Waals surface area contributed by atoms with Gasteiger partial charge in [-0.2, -0.15) is 9.97 Å². The summed E-state index contributed by atoms with van der Waals surface area (Å²) >= 11 is 6.10. The standard InChI is InChI=1S/C17H17ClN6OS.C2H6O/c18-17-22-15-14(16(23-17)24-6-8-26(25)9-7-24)20-11-13(21-15)19-10-12-4-2-1-3-5-12;1-2-3/h1-5,11H,6-10H2,(H,19,21,22,23);3H,2H2,1H3. The predicted molar refractivity (Wildman–Crippen MR) is 117 cm³/mol. The van der Waals surface area contributed by atoms with Crippen molar-refractivity contribution in [1.82, 2.24) is 19.9 Å². The summed E-state index contributed by atoms with van der Waals surface area (Å²) in [5, 5.41) is 10.9. The molecule has 154 valence electrons. The highest BCUT2D eigenvalue weighted by Crippen LogP contribution is 2.24. The maximum absolute atomic E-state index is 11.6. The van der Waals surface area contributed by atoms with Crippen LogP contribution in [0.4, 0.5) is 11.6 Å². The summed E-state index contributed by atoms with van der Waals surface area (Å²) in [6.45, 7) is 3.89. The minimum Gasteiger partial charge on any atom is -0.397 e. The van der Waals surface area contributed by atoms with E-state index in [0.717, 1.165) is 5.56 Å². The van der Waals surface area contributed by atoms with Crippen LogP contribution in [0.25, 0.3) is 11.2 Å². The minimum absolute atomic E-state index is 0.133. The summed E-state index contributed by atoms with van der Waals surface area (Å²) in [6.07, 6.45) is 1.67. The van der Waals surface area contributed by atoms with Crippen LogP contribution < -0.4 is 10.2 Å². The molecule has 0 amide bonds. The fourth-order valence-electron chi connectivity index (χ4n) is 2.81. The number of aromatic nitrogens is 4. The molecule has 0 saturated carbocycles. The van der Waals surface area contributed by atoms with Crippen molar-refractivity contribution in [2.45, 2.75) is 13.5 Å². The van der Waals surface area contributed by atoms with Crippen LogP contribution in [0, 0.1) is 0 Å². The summed E-state index contributed by atoms with van der Waals surface area (Å²) in [7, 11) is -0.762. The van der Waals surface area contributed by atoms with Gasteiger partial charge in [-0.25, -0.2) is 9.97 Å². The van der Waals surface area contributed by atoms with Gasteiger partial charge in [0, 0.05) is 48.5 Å². The Morgan fingerprint density at radius 1 is 1.17 bits per heavy atom. The quantitative estimate of drug-likeness (QED) is 0.602. The molecule has 4 rings (SSSR count). The molecule has 3 heterocycles. The molecule has 3 aromatic rings. The second-order valence-corrected chi connectivity index (χ2v) is 8.27. The first-order valence-corrected chi connectivity index (χ1v) is 11.2. The lowest BCUT2D eigenvalue weighted by Gasteiger charge is -2.27. The van der Waals surface area contributed by atoms with Gasteiger partial charge in [0.15, 0.2) is 17.0 Å². The fourth-order valence-corrected chi connectivity index (χ4v) is 4.02. The minimum atomic E-state index is -0.762. The zero-order chi connectivity index (χ0) is 20.6. The molecule has 1 aromatic carbocycles. The Bertz CT molecular complexity index is 966. The molecule has 0 unspecified atom stereocenters. The van der Waals surface area contributed by atoms with Crippen LogP contribution in [0.2, 0.25) is 5.28 Å². The number of fused-ring (bicyclic) bond motifs is 1. The number of halogens is 1. The molecule has 2 aromatic heterocycles. The van der Waals surface area contributed by atoms with Gasteiger partial charge in [-0.05, 0) is 24.1 Å². The number of rotatable bonds is 4. The number of aliphatic hydroxyl groups is 1. The number of anilines is 2. The second kappa shape index (κ2) is 10.4. The molecule has 0 atom stereocenters. The van der Waals surface area contributed by atoms with Gasteiger partial charge in [0.05, 0.1) is 6.20 Å². The molecule has 1 fully saturated rings. The molecule has 1 saturated heterocycles. The highest BCUT2D eigenvalue weighted by molar-refractivity contribution is 7.85. The molecule has 29 heavy (non-hydrogen) atoms. The van der Waals surface area contributed by atoms with E-state index in [9.17, 15) is 4.21 Å². The van der Waals surface area contributed by atoms with Crippen LogP contribution in [-0.2, 0) is 17.3 Å². The van der Waals surface area contributed by atoms with E-state index in [1.54, 1.807) is 13.1 Å². The SMILES string of the molecule is CCO.O=S1CCN(c2nc(Cl)nc3nc(NCc4ccccc4)cnc23)CC1. The third kappa shape index (κ3) is 5.81. The van der Waals surface area contributed by atoms with Crippen molar-refractivity contribution in [3.63, 3.8) is 0 Å². The first-order chi connectivity index (χ1) is 14.1. The van der Waals surface area contributed by atoms with E-state index >= 15 is 0 Å². The molecule has 10 heteroatoms. The van der Waals surface area contributed by atoms with Gasteiger partial charge < -0.3 is 15.3 Å². The summed E-state index contributed by atoms with van der Waals surface area (Å²) in [6, 6.07) is 10.1. The molecule has 1 aliphatic heterocycles. The van der Waals surface area contributed by atoms with Gasteiger partial charge in [0.25, 0.3) is 0 Å². The van der Waals surface area contributed by atoms with Gasteiger partial charge in [0.1, 0.15) is 5.82 Å². The van der Waals surface area contributed by atoms with E-state index in [0.29, 0.717) is 53.9 Å². The van der Waals surface area contributed by atoms with E-state index in [1.807, 2.05) is 35.2 Å². The van der Waals surface area contributed by atoms with E-state index in [4.69, 9.17) is 16.7 Å². The van der Waals surface area contributed by atoms with Crippen molar-refractivity contribution in [3.8, 4) is 0 Å².